The molecule has 2 N–H and O–H groups in total. The van der Waals surface area contributed by atoms with Gasteiger partial charge in [-0.05, 0) is 31.9 Å². The van der Waals surface area contributed by atoms with Gasteiger partial charge < -0.3 is 10.4 Å². The van der Waals surface area contributed by atoms with Crippen molar-refractivity contribution in [3.8, 4) is 0 Å². The highest BCUT2D eigenvalue weighted by atomic mass is 16.3. The zero-order valence-corrected chi connectivity index (χ0v) is 10.1. The Morgan fingerprint density at radius 2 is 1.88 bits per heavy atom. The Hall–Kier alpha value is -1.35. The van der Waals surface area contributed by atoms with Gasteiger partial charge in [-0.3, -0.25) is 4.79 Å². The Morgan fingerprint density at radius 1 is 1.24 bits per heavy atom. The zero-order valence-electron chi connectivity index (χ0n) is 10.1. The van der Waals surface area contributed by atoms with Crippen molar-refractivity contribution in [2.24, 2.45) is 0 Å². The summed E-state index contributed by atoms with van der Waals surface area (Å²) in [6.07, 6.45) is 3.41. The molecular weight excluding hydrogens is 214 g/mol. The van der Waals surface area contributed by atoms with E-state index in [0.717, 1.165) is 31.2 Å². The fraction of sp³-hybridized carbons (Fsp3) is 0.500. The first-order valence-electron chi connectivity index (χ1n) is 6.22. The molecule has 1 aliphatic rings. The van der Waals surface area contributed by atoms with Crippen LogP contribution in [0.1, 0.15) is 41.6 Å². The topological polar surface area (TPSA) is 49.3 Å². The first-order chi connectivity index (χ1) is 8.16. The Bertz CT molecular complexity index is 386. The normalized spacial score (nSPS) is 24.4. The molecule has 2 rings (SSSR count). The number of hydrogen-bond acceptors (Lipinski definition) is 2. The van der Waals surface area contributed by atoms with Gasteiger partial charge in [0.25, 0.3) is 5.91 Å². The van der Waals surface area contributed by atoms with Crippen LogP contribution in [-0.2, 0) is 0 Å². The first-order valence-corrected chi connectivity index (χ1v) is 6.22. The number of aryl methyl sites for hydroxylation is 1. The third kappa shape index (κ3) is 3.07. The molecule has 2 unspecified atom stereocenters. The highest BCUT2D eigenvalue weighted by molar-refractivity contribution is 5.94. The quantitative estimate of drug-likeness (QED) is 0.821. The third-order valence-corrected chi connectivity index (χ3v) is 3.36. The minimum absolute atomic E-state index is 0.0856. The number of amides is 1. The summed E-state index contributed by atoms with van der Waals surface area (Å²) < 4.78 is 0. The minimum Gasteiger partial charge on any atom is -0.391 e. The predicted molar refractivity (Wildman–Crippen MR) is 66.9 cm³/mol. The summed E-state index contributed by atoms with van der Waals surface area (Å²) in [7, 11) is 0. The predicted octanol–water partition coefficient (Wildman–Crippen LogP) is 2.03. The maximum absolute atomic E-state index is 11.9. The maximum atomic E-state index is 11.9. The van der Waals surface area contributed by atoms with E-state index in [1.54, 1.807) is 0 Å². The molecule has 0 bridgehead atoms. The summed E-state index contributed by atoms with van der Waals surface area (Å²) in [5.74, 6) is -0.0871. The summed E-state index contributed by atoms with van der Waals surface area (Å²) in [5, 5.41) is 12.7. The zero-order chi connectivity index (χ0) is 12.3. The summed E-state index contributed by atoms with van der Waals surface area (Å²) in [5.41, 5.74) is 1.80. The lowest BCUT2D eigenvalue weighted by Crippen LogP contribution is -2.45. The van der Waals surface area contributed by atoms with Crippen LogP contribution in [0.3, 0.4) is 0 Å². The summed E-state index contributed by atoms with van der Waals surface area (Å²) >= 11 is 0. The Labute approximate surface area is 102 Å². The van der Waals surface area contributed by atoms with E-state index in [9.17, 15) is 9.90 Å². The Balaban J connectivity index is 1.98. The van der Waals surface area contributed by atoms with Crippen LogP contribution in [0, 0.1) is 6.92 Å². The number of carbonyl (C=O) groups is 1. The van der Waals surface area contributed by atoms with E-state index in [4.69, 9.17) is 0 Å². The molecular formula is C14H19NO2. The monoisotopic (exact) mass is 233 g/mol. The SMILES string of the molecule is Cc1ccc(C(=O)NC2CCCCC2O)cc1. The molecule has 1 aromatic rings. The average molecular weight is 233 g/mol. The van der Waals surface area contributed by atoms with Crippen LogP contribution in [-0.4, -0.2) is 23.2 Å². The van der Waals surface area contributed by atoms with Gasteiger partial charge in [0, 0.05) is 5.56 Å². The van der Waals surface area contributed by atoms with Gasteiger partial charge in [-0.25, -0.2) is 0 Å². The van der Waals surface area contributed by atoms with Gasteiger partial charge >= 0.3 is 0 Å². The maximum Gasteiger partial charge on any atom is 0.251 e. The van der Waals surface area contributed by atoms with E-state index in [-0.39, 0.29) is 11.9 Å². The second kappa shape index (κ2) is 5.32. The summed E-state index contributed by atoms with van der Waals surface area (Å²) in [6.45, 7) is 1.99. The van der Waals surface area contributed by atoms with E-state index >= 15 is 0 Å². The Morgan fingerprint density at radius 3 is 2.53 bits per heavy atom. The molecule has 0 saturated heterocycles. The van der Waals surface area contributed by atoms with Crippen molar-refractivity contribution in [2.75, 3.05) is 0 Å². The molecule has 3 nitrogen and oxygen atoms in total. The van der Waals surface area contributed by atoms with E-state index in [2.05, 4.69) is 5.32 Å². The van der Waals surface area contributed by atoms with E-state index in [0.29, 0.717) is 5.56 Å². The largest absolute Gasteiger partial charge is 0.391 e. The van der Waals surface area contributed by atoms with Crippen molar-refractivity contribution in [2.45, 2.75) is 44.8 Å². The van der Waals surface area contributed by atoms with Gasteiger partial charge in [0.15, 0.2) is 0 Å². The molecule has 1 aliphatic carbocycles. The van der Waals surface area contributed by atoms with Crippen LogP contribution in [0.2, 0.25) is 0 Å². The molecule has 0 aromatic heterocycles. The second-order valence-corrected chi connectivity index (χ2v) is 4.80. The number of aliphatic hydroxyl groups is 1. The molecule has 17 heavy (non-hydrogen) atoms. The number of hydrogen-bond donors (Lipinski definition) is 2. The van der Waals surface area contributed by atoms with Crippen molar-refractivity contribution in [3.05, 3.63) is 35.4 Å². The van der Waals surface area contributed by atoms with Crippen LogP contribution >= 0.6 is 0 Å². The lowest BCUT2D eigenvalue weighted by atomic mass is 9.92. The number of aliphatic hydroxyl groups excluding tert-OH is 1. The van der Waals surface area contributed by atoms with E-state index in [1.807, 2.05) is 31.2 Å². The molecule has 1 fully saturated rings. The molecule has 3 heteroatoms. The first kappa shape index (κ1) is 12.1. The van der Waals surface area contributed by atoms with Crippen molar-refractivity contribution in [1.29, 1.82) is 0 Å². The number of carbonyl (C=O) groups excluding carboxylic acids is 1. The molecule has 0 aliphatic heterocycles. The summed E-state index contributed by atoms with van der Waals surface area (Å²) in [6, 6.07) is 7.40. The molecule has 0 radical (unpaired) electrons. The molecule has 1 aromatic carbocycles. The highest BCUT2D eigenvalue weighted by Crippen LogP contribution is 2.18. The lowest BCUT2D eigenvalue weighted by molar-refractivity contribution is 0.0717. The smallest absolute Gasteiger partial charge is 0.251 e. The number of nitrogens with one attached hydrogen (secondary N) is 1. The molecule has 1 saturated carbocycles. The van der Waals surface area contributed by atoms with Crippen LogP contribution in [0.15, 0.2) is 24.3 Å². The van der Waals surface area contributed by atoms with Gasteiger partial charge in [-0.15, -0.1) is 0 Å². The molecule has 0 heterocycles. The van der Waals surface area contributed by atoms with Gasteiger partial charge in [0.1, 0.15) is 0 Å². The van der Waals surface area contributed by atoms with Gasteiger partial charge in [-0.1, -0.05) is 30.5 Å². The third-order valence-electron chi connectivity index (χ3n) is 3.36. The van der Waals surface area contributed by atoms with Crippen LogP contribution in [0.4, 0.5) is 0 Å². The minimum atomic E-state index is -0.391. The molecule has 92 valence electrons. The van der Waals surface area contributed by atoms with Crippen molar-refractivity contribution >= 4 is 5.91 Å². The van der Waals surface area contributed by atoms with Crippen molar-refractivity contribution < 1.29 is 9.90 Å². The fourth-order valence-electron chi connectivity index (χ4n) is 2.24. The van der Waals surface area contributed by atoms with E-state index in [1.165, 1.54) is 0 Å². The van der Waals surface area contributed by atoms with Crippen LogP contribution < -0.4 is 5.32 Å². The Kier molecular flexibility index (Phi) is 3.79. The average Bonchev–Trinajstić information content (AvgIpc) is 2.33. The fourth-order valence-corrected chi connectivity index (χ4v) is 2.24. The number of benzene rings is 1. The highest BCUT2D eigenvalue weighted by Gasteiger charge is 2.24. The van der Waals surface area contributed by atoms with Crippen molar-refractivity contribution in [1.82, 2.24) is 5.32 Å². The van der Waals surface area contributed by atoms with Crippen molar-refractivity contribution in [3.63, 3.8) is 0 Å². The van der Waals surface area contributed by atoms with Gasteiger partial charge in [0.05, 0.1) is 12.1 Å². The van der Waals surface area contributed by atoms with E-state index < -0.39 is 6.10 Å². The molecule has 0 spiro atoms. The lowest BCUT2D eigenvalue weighted by Gasteiger charge is -2.28. The standard InChI is InChI=1S/C14H19NO2/c1-10-6-8-11(9-7-10)14(17)15-12-4-2-3-5-13(12)16/h6-9,12-13,16H,2-5H2,1H3,(H,15,17). The molecule has 2 atom stereocenters. The van der Waals surface area contributed by atoms with Crippen LogP contribution in [0.5, 0.6) is 0 Å². The molecule has 1 amide bonds. The number of rotatable bonds is 2. The summed E-state index contributed by atoms with van der Waals surface area (Å²) in [4.78, 5) is 11.9. The van der Waals surface area contributed by atoms with Gasteiger partial charge in [-0.2, -0.15) is 0 Å². The van der Waals surface area contributed by atoms with Gasteiger partial charge in [0.2, 0.25) is 0 Å². The van der Waals surface area contributed by atoms with Crippen LogP contribution in [0.25, 0.3) is 0 Å². The second-order valence-electron chi connectivity index (χ2n) is 4.80.